The third-order valence-corrected chi connectivity index (χ3v) is 4.71. The number of rotatable bonds is 3. The second kappa shape index (κ2) is 4.90. The van der Waals surface area contributed by atoms with Gasteiger partial charge in [-0.2, -0.15) is 0 Å². The molecule has 1 heterocycles. The minimum absolute atomic E-state index is 0.325. The largest absolute Gasteiger partial charge is 0.591 e. The van der Waals surface area contributed by atoms with Crippen molar-refractivity contribution in [2.45, 2.75) is 44.4 Å². The standard InChI is InChI=1S/C15H19N3OS/c1-15(2,3)20(19)17-9-11-4-7-14-13(8-11)16-10-18(14)12-5-6-12/h4,7-10,12H,5-6H2,1-3H3/b17-9+. The van der Waals surface area contributed by atoms with Crippen LogP contribution >= 0.6 is 0 Å². The monoisotopic (exact) mass is 289 g/mol. The summed E-state index contributed by atoms with van der Waals surface area (Å²) in [6, 6.07) is 6.71. The van der Waals surface area contributed by atoms with Gasteiger partial charge in [0.2, 0.25) is 0 Å². The topological polar surface area (TPSA) is 53.2 Å². The van der Waals surface area contributed by atoms with E-state index in [1.165, 1.54) is 18.4 Å². The number of benzene rings is 1. The fraction of sp³-hybridized carbons (Fsp3) is 0.467. The molecule has 0 radical (unpaired) electrons. The van der Waals surface area contributed by atoms with E-state index in [2.05, 4.69) is 20.0 Å². The number of hydrogen-bond donors (Lipinski definition) is 0. The SMILES string of the molecule is CC(C)(C)[S+]([O-])/N=C/c1ccc2c(c1)ncn2C1CC1. The lowest BCUT2D eigenvalue weighted by atomic mass is 10.2. The maximum absolute atomic E-state index is 11.9. The summed E-state index contributed by atoms with van der Waals surface area (Å²) in [6.45, 7) is 5.75. The first kappa shape index (κ1) is 13.6. The van der Waals surface area contributed by atoms with Gasteiger partial charge >= 0.3 is 0 Å². The summed E-state index contributed by atoms with van der Waals surface area (Å²) >= 11 is -1.22. The Balaban J connectivity index is 1.84. The van der Waals surface area contributed by atoms with E-state index >= 15 is 0 Å². The van der Waals surface area contributed by atoms with Crippen LogP contribution in [0.4, 0.5) is 0 Å². The van der Waals surface area contributed by atoms with E-state index in [4.69, 9.17) is 0 Å². The van der Waals surface area contributed by atoms with Gasteiger partial charge in [0.25, 0.3) is 0 Å². The molecule has 1 fully saturated rings. The number of aromatic nitrogens is 2. The van der Waals surface area contributed by atoms with Crippen LogP contribution in [0, 0.1) is 0 Å². The van der Waals surface area contributed by atoms with Crippen molar-refractivity contribution in [2.75, 3.05) is 0 Å². The van der Waals surface area contributed by atoms with Crippen LogP contribution < -0.4 is 0 Å². The third kappa shape index (κ3) is 2.74. The van der Waals surface area contributed by atoms with Crippen molar-refractivity contribution in [1.82, 2.24) is 9.55 Å². The summed E-state index contributed by atoms with van der Waals surface area (Å²) in [5.41, 5.74) is 3.08. The molecule has 1 unspecified atom stereocenters. The molecule has 3 rings (SSSR count). The summed E-state index contributed by atoms with van der Waals surface area (Å²) in [4.78, 5) is 4.44. The van der Waals surface area contributed by atoms with Gasteiger partial charge in [-0.05, 0) is 51.3 Å². The van der Waals surface area contributed by atoms with E-state index < -0.39 is 11.4 Å². The van der Waals surface area contributed by atoms with Crippen LogP contribution in [0.15, 0.2) is 28.9 Å². The molecule has 5 heteroatoms. The van der Waals surface area contributed by atoms with E-state index in [0.29, 0.717) is 6.04 Å². The third-order valence-electron chi connectivity index (χ3n) is 3.36. The van der Waals surface area contributed by atoms with Crippen LogP contribution in [0.1, 0.15) is 45.2 Å². The molecular weight excluding hydrogens is 270 g/mol. The smallest absolute Gasteiger partial charge is 0.144 e. The molecule has 0 aliphatic heterocycles. The molecule has 0 amide bonds. The van der Waals surface area contributed by atoms with Crippen LogP contribution in [-0.4, -0.2) is 25.1 Å². The Hall–Kier alpha value is -1.33. The van der Waals surface area contributed by atoms with Gasteiger partial charge in [0.15, 0.2) is 0 Å². The van der Waals surface area contributed by atoms with E-state index in [9.17, 15) is 4.55 Å². The van der Waals surface area contributed by atoms with Gasteiger partial charge in [-0.25, -0.2) is 4.98 Å². The molecular formula is C15H19N3OS. The van der Waals surface area contributed by atoms with Gasteiger partial charge in [0, 0.05) is 6.04 Å². The Morgan fingerprint density at radius 3 is 2.80 bits per heavy atom. The maximum atomic E-state index is 11.9. The van der Waals surface area contributed by atoms with Crippen LogP contribution in [0.5, 0.6) is 0 Å². The Morgan fingerprint density at radius 1 is 1.40 bits per heavy atom. The lowest BCUT2D eigenvalue weighted by Crippen LogP contribution is -2.25. The minimum Gasteiger partial charge on any atom is -0.591 e. The molecule has 0 bridgehead atoms. The van der Waals surface area contributed by atoms with Gasteiger partial charge in [-0.15, -0.1) is 0 Å². The molecule has 0 N–H and O–H groups in total. The Kier molecular flexibility index (Phi) is 3.34. The fourth-order valence-electron chi connectivity index (χ4n) is 2.04. The zero-order valence-corrected chi connectivity index (χ0v) is 12.9. The minimum atomic E-state index is -1.22. The van der Waals surface area contributed by atoms with Gasteiger partial charge in [0.05, 0.1) is 23.6 Å². The van der Waals surface area contributed by atoms with E-state index in [1.54, 1.807) is 6.21 Å². The van der Waals surface area contributed by atoms with E-state index in [1.807, 2.05) is 39.2 Å². The normalized spacial score (nSPS) is 18.0. The average molecular weight is 289 g/mol. The number of fused-ring (bicyclic) bond motifs is 1. The highest BCUT2D eigenvalue weighted by molar-refractivity contribution is 7.91. The Labute approximate surface area is 122 Å². The first-order valence-electron chi connectivity index (χ1n) is 6.88. The van der Waals surface area contributed by atoms with E-state index in [0.717, 1.165) is 11.1 Å². The van der Waals surface area contributed by atoms with Crippen LogP contribution in [-0.2, 0) is 11.4 Å². The van der Waals surface area contributed by atoms with Crippen molar-refractivity contribution in [3.63, 3.8) is 0 Å². The predicted octanol–water partition coefficient (Wildman–Crippen LogP) is 3.25. The van der Waals surface area contributed by atoms with Crippen LogP contribution in [0.2, 0.25) is 0 Å². The highest BCUT2D eigenvalue weighted by Crippen LogP contribution is 2.37. The van der Waals surface area contributed by atoms with Crippen LogP contribution in [0.3, 0.4) is 0 Å². The van der Waals surface area contributed by atoms with Gasteiger partial charge in [-0.1, -0.05) is 10.5 Å². The van der Waals surface area contributed by atoms with Crippen molar-refractivity contribution in [2.24, 2.45) is 4.40 Å². The van der Waals surface area contributed by atoms with Crippen molar-refractivity contribution in [3.8, 4) is 0 Å². The molecule has 20 heavy (non-hydrogen) atoms. The second-order valence-corrected chi connectivity index (χ2v) is 8.16. The van der Waals surface area contributed by atoms with Crippen molar-refractivity contribution in [3.05, 3.63) is 30.1 Å². The summed E-state index contributed by atoms with van der Waals surface area (Å²) in [5.74, 6) is 0. The molecule has 1 atom stereocenters. The summed E-state index contributed by atoms with van der Waals surface area (Å²) < 4.78 is 18.0. The van der Waals surface area contributed by atoms with Gasteiger partial charge in [0.1, 0.15) is 16.1 Å². The maximum Gasteiger partial charge on any atom is 0.144 e. The zero-order valence-electron chi connectivity index (χ0n) is 12.0. The lowest BCUT2D eigenvalue weighted by molar-refractivity contribution is 0.562. The predicted molar refractivity (Wildman–Crippen MR) is 83.5 cm³/mol. The summed E-state index contributed by atoms with van der Waals surface area (Å²) in [5, 5.41) is 0. The Bertz CT molecular complexity index is 653. The molecule has 1 saturated carbocycles. The Morgan fingerprint density at radius 2 is 2.15 bits per heavy atom. The van der Waals surface area contributed by atoms with Crippen molar-refractivity contribution >= 4 is 28.6 Å². The molecule has 106 valence electrons. The molecule has 1 aliphatic carbocycles. The van der Waals surface area contributed by atoms with Gasteiger partial charge in [-0.3, -0.25) is 0 Å². The number of nitrogens with zero attached hydrogens (tertiary/aromatic N) is 3. The molecule has 4 nitrogen and oxygen atoms in total. The number of imidazole rings is 1. The summed E-state index contributed by atoms with van der Waals surface area (Å²) in [6.07, 6.45) is 6.09. The molecule has 1 aliphatic rings. The lowest BCUT2D eigenvalue weighted by Gasteiger charge is -2.17. The van der Waals surface area contributed by atoms with Crippen LogP contribution in [0.25, 0.3) is 11.0 Å². The average Bonchev–Trinajstić information content (AvgIpc) is 3.15. The molecule has 0 spiro atoms. The van der Waals surface area contributed by atoms with Gasteiger partial charge < -0.3 is 9.12 Å². The fourth-order valence-corrected chi connectivity index (χ4v) is 2.57. The molecule has 0 saturated heterocycles. The van der Waals surface area contributed by atoms with E-state index in [-0.39, 0.29) is 4.75 Å². The highest BCUT2D eigenvalue weighted by atomic mass is 32.2. The van der Waals surface area contributed by atoms with Crippen molar-refractivity contribution < 1.29 is 4.55 Å². The summed E-state index contributed by atoms with van der Waals surface area (Å²) in [7, 11) is 0. The highest BCUT2D eigenvalue weighted by Gasteiger charge is 2.26. The van der Waals surface area contributed by atoms with Crippen molar-refractivity contribution in [1.29, 1.82) is 0 Å². The molecule has 2 aromatic rings. The zero-order chi connectivity index (χ0) is 14.3. The molecule has 1 aromatic carbocycles. The first-order valence-corrected chi connectivity index (χ1v) is 7.98. The number of hydrogen-bond acceptors (Lipinski definition) is 3. The quantitative estimate of drug-likeness (QED) is 0.643. The second-order valence-electron chi connectivity index (χ2n) is 6.23. The first-order chi connectivity index (χ1) is 9.45. The molecule has 1 aromatic heterocycles.